The van der Waals surface area contributed by atoms with E-state index in [9.17, 15) is 9.90 Å². The minimum atomic E-state index is -0.118. The number of halogens is 1. The van der Waals surface area contributed by atoms with Gasteiger partial charge in [-0.25, -0.2) is 0 Å². The largest absolute Gasteiger partial charge is 0.506 e. The standard InChI is InChI=1S/C11H13ClN2O2/c12-8-6-7(3-4-10(8)15)14-11(16)9-2-1-5-13-9/h3-4,6,9,13,15H,1-2,5H2,(H,14,16)/t9-/m0/s1. The minimum absolute atomic E-state index is 0.0126. The summed E-state index contributed by atoms with van der Waals surface area (Å²) in [5.74, 6) is -0.0436. The SMILES string of the molecule is O=C(Nc1ccc(O)c(Cl)c1)[C@@H]1CCCN1. The summed E-state index contributed by atoms with van der Waals surface area (Å²) in [7, 11) is 0. The Morgan fingerprint density at radius 3 is 3.00 bits per heavy atom. The number of hydrogen-bond acceptors (Lipinski definition) is 3. The molecule has 0 aromatic heterocycles. The molecule has 0 unspecified atom stereocenters. The molecule has 0 spiro atoms. The summed E-state index contributed by atoms with van der Waals surface area (Å²) < 4.78 is 0. The molecule has 0 saturated carbocycles. The summed E-state index contributed by atoms with van der Waals surface area (Å²) in [5, 5.41) is 15.3. The Labute approximate surface area is 98.6 Å². The first-order valence-electron chi connectivity index (χ1n) is 5.19. The zero-order valence-corrected chi connectivity index (χ0v) is 9.42. The van der Waals surface area contributed by atoms with Crippen molar-refractivity contribution in [1.82, 2.24) is 5.32 Å². The zero-order valence-electron chi connectivity index (χ0n) is 8.66. The van der Waals surface area contributed by atoms with Gasteiger partial charge in [0.2, 0.25) is 5.91 Å². The lowest BCUT2D eigenvalue weighted by Gasteiger charge is -2.11. The van der Waals surface area contributed by atoms with Crippen LogP contribution in [0.2, 0.25) is 5.02 Å². The van der Waals surface area contributed by atoms with Gasteiger partial charge in [-0.05, 0) is 37.6 Å². The van der Waals surface area contributed by atoms with Gasteiger partial charge in [0.1, 0.15) is 5.75 Å². The zero-order chi connectivity index (χ0) is 11.5. The third-order valence-corrected chi connectivity index (χ3v) is 2.89. The lowest BCUT2D eigenvalue weighted by molar-refractivity contribution is -0.117. The molecule has 1 aliphatic heterocycles. The number of nitrogens with one attached hydrogen (secondary N) is 2. The smallest absolute Gasteiger partial charge is 0.241 e. The highest BCUT2D eigenvalue weighted by Crippen LogP contribution is 2.26. The molecule has 1 amide bonds. The molecule has 1 aromatic carbocycles. The van der Waals surface area contributed by atoms with E-state index in [0.717, 1.165) is 19.4 Å². The van der Waals surface area contributed by atoms with Gasteiger partial charge in [-0.2, -0.15) is 0 Å². The number of amides is 1. The molecule has 86 valence electrons. The Morgan fingerprint density at radius 1 is 1.56 bits per heavy atom. The molecule has 1 saturated heterocycles. The number of carbonyl (C=O) groups is 1. The molecule has 1 aromatic rings. The van der Waals surface area contributed by atoms with E-state index in [2.05, 4.69) is 10.6 Å². The molecule has 1 fully saturated rings. The lowest BCUT2D eigenvalue weighted by atomic mass is 10.2. The second-order valence-electron chi connectivity index (χ2n) is 3.80. The summed E-state index contributed by atoms with van der Waals surface area (Å²) in [6, 6.07) is 4.49. The predicted octanol–water partition coefficient (Wildman–Crippen LogP) is 1.74. The maximum atomic E-state index is 11.7. The van der Waals surface area contributed by atoms with E-state index in [1.54, 1.807) is 6.07 Å². The summed E-state index contributed by atoms with van der Waals surface area (Å²) in [4.78, 5) is 11.7. The van der Waals surface area contributed by atoms with Crippen molar-refractivity contribution in [2.75, 3.05) is 11.9 Å². The number of anilines is 1. The van der Waals surface area contributed by atoms with Crippen molar-refractivity contribution < 1.29 is 9.90 Å². The van der Waals surface area contributed by atoms with Crippen LogP contribution < -0.4 is 10.6 Å². The number of phenolic OH excluding ortho intramolecular Hbond substituents is 1. The van der Waals surface area contributed by atoms with Crippen LogP contribution in [0, 0.1) is 0 Å². The third-order valence-electron chi connectivity index (χ3n) is 2.59. The Balaban J connectivity index is 2.02. The fourth-order valence-corrected chi connectivity index (χ4v) is 1.90. The van der Waals surface area contributed by atoms with Gasteiger partial charge in [-0.1, -0.05) is 11.6 Å². The molecule has 1 heterocycles. The fraction of sp³-hybridized carbons (Fsp3) is 0.364. The lowest BCUT2D eigenvalue weighted by Crippen LogP contribution is -2.35. The maximum absolute atomic E-state index is 11.7. The molecule has 16 heavy (non-hydrogen) atoms. The molecular formula is C11H13ClN2O2. The summed E-state index contributed by atoms with van der Waals surface area (Å²) in [6.07, 6.45) is 1.88. The number of benzene rings is 1. The van der Waals surface area contributed by atoms with Crippen LogP contribution in [-0.2, 0) is 4.79 Å². The Morgan fingerprint density at radius 2 is 2.38 bits per heavy atom. The first-order chi connectivity index (χ1) is 7.66. The molecule has 4 nitrogen and oxygen atoms in total. The molecule has 1 aliphatic rings. The quantitative estimate of drug-likeness (QED) is 0.690. The topological polar surface area (TPSA) is 61.4 Å². The predicted molar refractivity (Wildman–Crippen MR) is 62.8 cm³/mol. The summed E-state index contributed by atoms with van der Waals surface area (Å²) >= 11 is 5.74. The van der Waals surface area contributed by atoms with Crippen LogP contribution in [0.3, 0.4) is 0 Å². The van der Waals surface area contributed by atoms with Crippen molar-refractivity contribution in [3.05, 3.63) is 23.2 Å². The van der Waals surface area contributed by atoms with E-state index >= 15 is 0 Å². The summed E-state index contributed by atoms with van der Waals surface area (Å²) in [6.45, 7) is 0.883. The van der Waals surface area contributed by atoms with Gasteiger partial charge in [0, 0.05) is 5.69 Å². The first kappa shape index (κ1) is 11.2. The van der Waals surface area contributed by atoms with E-state index in [-0.39, 0.29) is 22.7 Å². The molecule has 5 heteroatoms. The summed E-state index contributed by atoms with van der Waals surface area (Å²) in [5.41, 5.74) is 0.599. The molecule has 0 radical (unpaired) electrons. The molecule has 0 bridgehead atoms. The Hall–Kier alpha value is -1.26. The maximum Gasteiger partial charge on any atom is 0.241 e. The van der Waals surface area contributed by atoms with Crippen LogP contribution in [0.5, 0.6) is 5.75 Å². The van der Waals surface area contributed by atoms with Crippen LogP contribution in [0.25, 0.3) is 0 Å². The number of carbonyl (C=O) groups excluding carboxylic acids is 1. The molecule has 2 rings (SSSR count). The highest BCUT2D eigenvalue weighted by atomic mass is 35.5. The Bertz CT molecular complexity index is 403. The van der Waals surface area contributed by atoms with Crippen molar-refractivity contribution in [2.45, 2.75) is 18.9 Å². The highest BCUT2D eigenvalue weighted by Gasteiger charge is 2.21. The van der Waals surface area contributed by atoms with Crippen LogP contribution in [0.1, 0.15) is 12.8 Å². The van der Waals surface area contributed by atoms with Crippen molar-refractivity contribution in [3.63, 3.8) is 0 Å². The monoisotopic (exact) mass is 240 g/mol. The van der Waals surface area contributed by atoms with Gasteiger partial charge in [0.25, 0.3) is 0 Å². The van der Waals surface area contributed by atoms with Crippen molar-refractivity contribution in [3.8, 4) is 5.75 Å². The van der Waals surface area contributed by atoms with E-state index in [4.69, 9.17) is 11.6 Å². The van der Waals surface area contributed by atoms with Crippen molar-refractivity contribution in [2.24, 2.45) is 0 Å². The van der Waals surface area contributed by atoms with Gasteiger partial charge in [0.05, 0.1) is 11.1 Å². The van der Waals surface area contributed by atoms with E-state index < -0.39 is 0 Å². The van der Waals surface area contributed by atoms with E-state index in [1.807, 2.05) is 0 Å². The van der Waals surface area contributed by atoms with Crippen molar-refractivity contribution in [1.29, 1.82) is 0 Å². The second kappa shape index (κ2) is 4.72. The van der Waals surface area contributed by atoms with Crippen molar-refractivity contribution >= 4 is 23.2 Å². The average Bonchev–Trinajstić information content (AvgIpc) is 2.77. The Kier molecular flexibility index (Phi) is 3.31. The van der Waals surface area contributed by atoms with E-state index in [1.165, 1.54) is 12.1 Å². The fourth-order valence-electron chi connectivity index (χ4n) is 1.72. The molecule has 0 aliphatic carbocycles. The molecular weight excluding hydrogens is 228 g/mol. The van der Waals surface area contributed by atoms with Crippen LogP contribution in [-0.4, -0.2) is 23.6 Å². The minimum Gasteiger partial charge on any atom is -0.506 e. The third kappa shape index (κ3) is 2.46. The normalized spacial score (nSPS) is 19.7. The average molecular weight is 241 g/mol. The number of phenols is 1. The second-order valence-corrected chi connectivity index (χ2v) is 4.21. The van der Waals surface area contributed by atoms with Gasteiger partial charge in [-0.15, -0.1) is 0 Å². The van der Waals surface area contributed by atoms with Crippen LogP contribution >= 0.6 is 11.6 Å². The van der Waals surface area contributed by atoms with Gasteiger partial charge in [0.15, 0.2) is 0 Å². The molecule has 3 N–H and O–H groups in total. The van der Waals surface area contributed by atoms with Crippen LogP contribution in [0.15, 0.2) is 18.2 Å². The molecule has 1 atom stereocenters. The number of hydrogen-bond donors (Lipinski definition) is 3. The number of rotatable bonds is 2. The number of aromatic hydroxyl groups is 1. The first-order valence-corrected chi connectivity index (χ1v) is 5.57. The van der Waals surface area contributed by atoms with E-state index in [0.29, 0.717) is 5.69 Å². The van der Waals surface area contributed by atoms with Gasteiger partial charge in [-0.3, -0.25) is 4.79 Å². The highest BCUT2D eigenvalue weighted by molar-refractivity contribution is 6.32. The van der Waals surface area contributed by atoms with Gasteiger partial charge >= 0.3 is 0 Å². The van der Waals surface area contributed by atoms with Gasteiger partial charge < -0.3 is 15.7 Å². The van der Waals surface area contributed by atoms with Crippen LogP contribution in [0.4, 0.5) is 5.69 Å².